The number of hydrogen-bond acceptors (Lipinski definition) is 2. The van der Waals surface area contributed by atoms with Crippen molar-refractivity contribution in [2.24, 2.45) is 0 Å². The van der Waals surface area contributed by atoms with E-state index in [1.807, 2.05) is 31.2 Å². The van der Waals surface area contributed by atoms with Gasteiger partial charge in [-0.2, -0.15) is 0 Å². The smallest absolute Gasteiger partial charge is 0.156 e. The van der Waals surface area contributed by atoms with Crippen molar-refractivity contribution in [3.8, 4) is 5.75 Å². The molecule has 5 heteroatoms. The van der Waals surface area contributed by atoms with Crippen LogP contribution in [0.1, 0.15) is 34.0 Å². The van der Waals surface area contributed by atoms with Crippen LogP contribution in [0.25, 0.3) is 12.2 Å². The highest BCUT2D eigenvalue weighted by atomic mass is 79.9. The average molecular weight is 398 g/mol. The molecule has 2 rings (SSSR count). The quantitative estimate of drug-likeness (QED) is 0.461. The van der Waals surface area contributed by atoms with Crippen molar-refractivity contribution >= 4 is 46.0 Å². The fourth-order valence-electron chi connectivity index (χ4n) is 2.13. The van der Waals surface area contributed by atoms with Crippen LogP contribution in [-0.2, 0) is 0 Å². The van der Waals surface area contributed by atoms with Crippen LogP contribution in [0, 0.1) is 12.7 Å². The number of aldehydes is 1. The van der Waals surface area contributed by atoms with Crippen molar-refractivity contribution in [1.82, 2.24) is 0 Å². The molecule has 2 aromatic carbocycles. The lowest BCUT2D eigenvalue weighted by atomic mass is 10.1. The van der Waals surface area contributed by atoms with Gasteiger partial charge in [-0.1, -0.05) is 51.8 Å². The minimum absolute atomic E-state index is 0.0977. The Labute approximate surface area is 148 Å². The van der Waals surface area contributed by atoms with Crippen molar-refractivity contribution in [1.29, 1.82) is 0 Å². The fraction of sp³-hybridized carbons (Fsp3) is 0.167. The molecule has 0 atom stereocenters. The maximum absolute atomic E-state index is 14.2. The summed E-state index contributed by atoms with van der Waals surface area (Å²) in [5.74, 6) is -0.576. The van der Waals surface area contributed by atoms with Crippen molar-refractivity contribution in [3.05, 3.63) is 61.8 Å². The third-order valence-electron chi connectivity index (χ3n) is 3.40. The molecular weight excluding hydrogens is 383 g/mol. The zero-order valence-corrected chi connectivity index (χ0v) is 15.0. The maximum atomic E-state index is 14.2. The molecule has 0 saturated carbocycles. The molecule has 0 amide bonds. The summed E-state index contributed by atoms with van der Waals surface area (Å²) in [6.45, 7) is 4.07. The fourth-order valence-corrected chi connectivity index (χ4v) is 2.73. The average Bonchev–Trinajstić information content (AvgIpc) is 2.53. The number of hydrogen-bond donors (Lipinski definition) is 0. The standard InChI is InChI=1S/C18H15BrClFO2/c1-3-23-16-9-13(17(20)18(21)14(16)10-22)8-7-12-5-4-6-15(19)11(12)2/h4-10H,3H2,1-2H3. The van der Waals surface area contributed by atoms with Gasteiger partial charge in [-0.15, -0.1) is 0 Å². The van der Waals surface area contributed by atoms with Crippen LogP contribution in [0.15, 0.2) is 28.7 Å². The van der Waals surface area contributed by atoms with Crippen LogP contribution in [0.2, 0.25) is 5.02 Å². The van der Waals surface area contributed by atoms with Gasteiger partial charge in [0.2, 0.25) is 0 Å². The molecule has 0 N–H and O–H groups in total. The molecule has 0 radical (unpaired) electrons. The second-order valence-electron chi connectivity index (χ2n) is 4.84. The Balaban J connectivity index is 2.49. The highest BCUT2D eigenvalue weighted by Crippen LogP contribution is 2.32. The van der Waals surface area contributed by atoms with E-state index in [1.54, 1.807) is 19.1 Å². The summed E-state index contributed by atoms with van der Waals surface area (Å²) >= 11 is 9.51. The summed E-state index contributed by atoms with van der Waals surface area (Å²) in [4.78, 5) is 11.0. The third-order valence-corrected chi connectivity index (χ3v) is 4.65. The predicted molar refractivity (Wildman–Crippen MR) is 95.8 cm³/mol. The van der Waals surface area contributed by atoms with E-state index in [2.05, 4.69) is 15.9 Å². The van der Waals surface area contributed by atoms with Crippen LogP contribution in [-0.4, -0.2) is 12.9 Å². The number of carbonyl (C=O) groups is 1. The van der Waals surface area contributed by atoms with Crippen molar-refractivity contribution in [2.45, 2.75) is 13.8 Å². The van der Waals surface area contributed by atoms with E-state index in [0.29, 0.717) is 18.5 Å². The lowest BCUT2D eigenvalue weighted by Gasteiger charge is -2.10. The molecule has 0 spiro atoms. The lowest BCUT2D eigenvalue weighted by molar-refractivity contribution is 0.111. The minimum atomic E-state index is -0.766. The summed E-state index contributed by atoms with van der Waals surface area (Å²) in [5, 5.41) is -0.0977. The molecule has 0 heterocycles. The van der Waals surface area contributed by atoms with Gasteiger partial charge in [-0.25, -0.2) is 4.39 Å². The largest absolute Gasteiger partial charge is 0.493 e. The molecule has 120 valence electrons. The molecule has 0 aliphatic carbocycles. The van der Waals surface area contributed by atoms with Crippen LogP contribution in [0.4, 0.5) is 4.39 Å². The highest BCUT2D eigenvalue weighted by molar-refractivity contribution is 9.10. The van der Waals surface area contributed by atoms with Crippen LogP contribution >= 0.6 is 27.5 Å². The Bertz CT molecular complexity index is 772. The second-order valence-corrected chi connectivity index (χ2v) is 6.08. The van der Waals surface area contributed by atoms with Gasteiger partial charge in [0.15, 0.2) is 12.1 Å². The van der Waals surface area contributed by atoms with Crippen molar-refractivity contribution < 1.29 is 13.9 Å². The van der Waals surface area contributed by atoms with Crippen molar-refractivity contribution in [3.63, 3.8) is 0 Å². The van der Waals surface area contributed by atoms with Crippen LogP contribution in [0.3, 0.4) is 0 Å². The summed E-state index contributed by atoms with van der Waals surface area (Å²) in [6, 6.07) is 7.39. The van der Waals surface area contributed by atoms with Gasteiger partial charge in [0, 0.05) is 4.47 Å². The summed E-state index contributed by atoms with van der Waals surface area (Å²) in [7, 11) is 0. The molecule has 0 fully saturated rings. The first kappa shape index (κ1) is 17.7. The summed E-state index contributed by atoms with van der Waals surface area (Å²) in [5.41, 5.74) is 2.34. The molecule has 2 aromatic rings. The third kappa shape index (κ3) is 3.82. The van der Waals surface area contributed by atoms with E-state index >= 15 is 0 Å². The van der Waals surface area contributed by atoms with Gasteiger partial charge in [0.1, 0.15) is 5.75 Å². The molecular formula is C18H15BrClFO2. The Kier molecular flexibility index (Phi) is 5.97. The number of rotatable bonds is 5. The molecule has 0 saturated heterocycles. The number of carbonyl (C=O) groups excluding carboxylic acids is 1. The first-order chi connectivity index (χ1) is 11.0. The second kappa shape index (κ2) is 7.75. The Morgan fingerprint density at radius 2 is 2.00 bits per heavy atom. The lowest BCUT2D eigenvalue weighted by Crippen LogP contribution is -2.00. The maximum Gasteiger partial charge on any atom is 0.156 e. The molecule has 23 heavy (non-hydrogen) atoms. The van der Waals surface area contributed by atoms with E-state index in [9.17, 15) is 9.18 Å². The van der Waals surface area contributed by atoms with Gasteiger partial charge < -0.3 is 4.74 Å². The van der Waals surface area contributed by atoms with E-state index in [1.165, 1.54) is 0 Å². The molecule has 0 aromatic heterocycles. The molecule has 0 bridgehead atoms. The van der Waals surface area contributed by atoms with Gasteiger partial charge >= 0.3 is 0 Å². The van der Waals surface area contributed by atoms with Gasteiger partial charge in [-0.3, -0.25) is 4.79 Å². The minimum Gasteiger partial charge on any atom is -0.493 e. The van der Waals surface area contributed by atoms with E-state index in [-0.39, 0.29) is 16.3 Å². The Morgan fingerprint density at radius 3 is 2.65 bits per heavy atom. The number of halogens is 3. The first-order valence-electron chi connectivity index (χ1n) is 7.02. The van der Waals surface area contributed by atoms with Crippen LogP contribution < -0.4 is 4.74 Å². The normalized spacial score (nSPS) is 11.0. The molecule has 0 aliphatic heterocycles. The Hall–Kier alpha value is -1.65. The monoisotopic (exact) mass is 396 g/mol. The predicted octanol–water partition coefficient (Wildman–Crippen LogP) is 5.93. The zero-order valence-electron chi connectivity index (χ0n) is 12.7. The molecule has 2 nitrogen and oxygen atoms in total. The first-order valence-corrected chi connectivity index (χ1v) is 8.19. The Morgan fingerprint density at radius 1 is 1.30 bits per heavy atom. The van der Waals surface area contributed by atoms with Gasteiger partial charge in [0.05, 0.1) is 17.2 Å². The van der Waals surface area contributed by atoms with E-state index < -0.39 is 5.82 Å². The summed E-state index contributed by atoms with van der Waals surface area (Å²) < 4.78 is 20.5. The topological polar surface area (TPSA) is 26.3 Å². The molecule has 0 aliphatic rings. The molecule has 0 unspecified atom stereocenters. The SMILES string of the molecule is CCOc1cc(C=Cc2cccc(Br)c2C)c(Cl)c(F)c1C=O. The highest BCUT2D eigenvalue weighted by Gasteiger charge is 2.16. The van der Waals surface area contributed by atoms with Gasteiger partial charge in [-0.05, 0) is 42.7 Å². The number of ether oxygens (including phenoxy) is 1. The summed E-state index contributed by atoms with van der Waals surface area (Å²) in [6.07, 6.45) is 3.96. The van der Waals surface area contributed by atoms with Gasteiger partial charge in [0.25, 0.3) is 0 Å². The number of benzene rings is 2. The zero-order chi connectivity index (χ0) is 17.0. The van der Waals surface area contributed by atoms with E-state index in [4.69, 9.17) is 16.3 Å². The van der Waals surface area contributed by atoms with Crippen LogP contribution in [0.5, 0.6) is 5.75 Å². The van der Waals surface area contributed by atoms with Crippen molar-refractivity contribution in [2.75, 3.05) is 6.61 Å². The van der Waals surface area contributed by atoms with E-state index in [0.717, 1.165) is 15.6 Å².